The Morgan fingerprint density at radius 3 is 2.45 bits per heavy atom. The van der Waals surface area contributed by atoms with Crippen LogP contribution in [0, 0.1) is 11.3 Å². The van der Waals surface area contributed by atoms with E-state index in [4.69, 9.17) is 11.0 Å². The summed E-state index contributed by atoms with van der Waals surface area (Å²) in [5.41, 5.74) is 6.89. The van der Waals surface area contributed by atoms with Crippen LogP contribution in [0.25, 0.3) is 0 Å². The summed E-state index contributed by atoms with van der Waals surface area (Å²) in [4.78, 5) is 23.1. The fourth-order valence-electron chi connectivity index (χ4n) is 1.73. The molecule has 0 saturated heterocycles. The number of thiol groups is 1. The van der Waals surface area contributed by atoms with E-state index in [1.54, 1.807) is 36.4 Å². The second-order valence-corrected chi connectivity index (χ2v) is 4.75. The summed E-state index contributed by atoms with van der Waals surface area (Å²) >= 11 is 4.12. The van der Waals surface area contributed by atoms with Gasteiger partial charge in [-0.2, -0.15) is 5.26 Å². The Morgan fingerprint density at radius 2 is 1.86 bits per heavy atom. The Balaban J connectivity index is 2.11. The van der Waals surface area contributed by atoms with E-state index in [1.807, 2.05) is 6.07 Å². The van der Waals surface area contributed by atoms with E-state index in [1.165, 1.54) is 12.1 Å². The molecule has 2 aromatic carbocycles. The Kier molecular flexibility index (Phi) is 4.66. The summed E-state index contributed by atoms with van der Waals surface area (Å²) in [7, 11) is 0. The van der Waals surface area contributed by atoms with Gasteiger partial charge in [-0.15, -0.1) is 0 Å². The molecule has 0 atom stereocenters. The third-order valence-electron chi connectivity index (χ3n) is 2.83. The van der Waals surface area contributed by atoms with E-state index < -0.39 is 11.9 Å². The van der Waals surface area contributed by atoms with Crippen molar-refractivity contribution in [1.29, 1.82) is 5.26 Å². The number of rotatable bonds is 3. The molecule has 0 unspecified atom stereocenters. The highest BCUT2D eigenvalue weighted by Crippen LogP contribution is 2.19. The van der Waals surface area contributed by atoms with Gasteiger partial charge in [-0.1, -0.05) is 18.9 Å². The molecule has 3 amide bonds. The normalized spacial score (nSPS) is 9.64. The number of anilines is 2. The van der Waals surface area contributed by atoms with Crippen molar-refractivity contribution >= 4 is 36.1 Å². The van der Waals surface area contributed by atoms with Crippen LogP contribution in [0.5, 0.6) is 0 Å². The number of carbonyl (C=O) groups excluding carboxylic acids is 2. The summed E-state index contributed by atoms with van der Waals surface area (Å²) in [5.74, 6) is -0.546. The number of hydrogen-bond donors (Lipinski definition) is 3. The maximum atomic E-state index is 12.1. The second kappa shape index (κ2) is 6.65. The molecule has 22 heavy (non-hydrogen) atoms. The number of nitrogens with two attached hydrogens (primary N) is 1. The molecular weight excluding hydrogens is 300 g/mol. The second-order valence-electron chi connectivity index (χ2n) is 4.35. The molecule has 0 spiro atoms. The molecule has 0 aromatic heterocycles. The summed E-state index contributed by atoms with van der Waals surface area (Å²) in [6.07, 6.45) is 0. The number of carbonyl (C=O) groups is 2. The predicted molar refractivity (Wildman–Crippen MR) is 86.6 cm³/mol. The van der Waals surface area contributed by atoms with Crippen LogP contribution in [0.3, 0.4) is 0 Å². The lowest BCUT2D eigenvalue weighted by Gasteiger charge is -2.16. The van der Waals surface area contributed by atoms with Gasteiger partial charge in [-0.05, 0) is 42.5 Å². The van der Waals surface area contributed by atoms with Gasteiger partial charge in [0.1, 0.15) is 0 Å². The van der Waals surface area contributed by atoms with E-state index in [-0.39, 0.29) is 0 Å². The largest absolute Gasteiger partial charge is 0.366 e. The lowest BCUT2D eigenvalue weighted by atomic mass is 10.2. The maximum Gasteiger partial charge on any atom is 0.336 e. The standard InChI is InChI=1S/C15H12N4O2S/c16-9-10-2-1-3-12(8-10)18-15(21)19(22)13-6-4-11(5-7-13)14(17)20/h1-8,22H,(H2,17,20)(H,18,21). The maximum absolute atomic E-state index is 12.1. The smallest absolute Gasteiger partial charge is 0.336 e. The molecule has 2 rings (SSSR count). The molecule has 0 bridgehead atoms. The molecule has 0 aliphatic carbocycles. The van der Waals surface area contributed by atoms with Gasteiger partial charge >= 0.3 is 6.03 Å². The Labute approximate surface area is 132 Å². The van der Waals surface area contributed by atoms with Crippen LogP contribution in [-0.2, 0) is 0 Å². The molecule has 7 heteroatoms. The highest BCUT2D eigenvalue weighted by Gasteiger charge is 2.13. The molecule has 6 nitrogen and oxygen atoms in total. The van der Waals surface area contributed by atoms with Crippen molar-refractivity contribution in [3.8, 4) is 6.07 Å². The Hall–Kier alpha value is -2.98. The molecule has 0 aliphatic heterocycles. The highest BCUT2D eigenvalue weighted by molar-refractivity contribution is 7.82. The molecule has 3 N–H and O–H groups in total. The van der Waals surface area contributed by atoms with Crippen LogP contribution in [0.1, 0.15) is 15.9 Å². The van der Waals surface area contributed by atoms with Crippen molar-refractivity contribution in [2.24, 2.45) is 5.73 Å². The number of urea groups is 1. The van der Waals surface area contributed by atoms with Gasteiger partial charge in [0.2, 0.25) is 5.91 Å². The van der Waals surface area contributed by atoms with E-state index >= 15 is 0 Å². The van der Waals surface area contributed by atoms with Crippen molar-refractivity contribution in [2.75, 3.05) is 9.62 Å². The van der Waals surface area contributed by atoms with Gasteiger partial charge in [-0.3, -0.25) is 4.79 Å². The van der Waals surface area contributed by atoms with Crippen LogP contribution in [0.15, 0.2) is 48.5 Å². The van der Waals surface area contributed by atoms with Crippen LogP contribution >= 0.6 is 12.8 Å². The van der Waals surface area contributed by atoms with Crippen molar-refractivity contribution in [1.82, 2.24) is 0 Å². The number of nitrogens with one attached hydrogen (secondary N) is 1. The van der Waals surface area contributed by atoms with Gasteiger partial charge in [-0.25, -0.2) is 9.10 Å². The first kappa shape index (κ1) is 15.4. The molecule has 0 radical (unpaired) electrons. The quantitative estimate of drug-likeness (QED) is 0.759. The summed E-state index contributed by atoms with van der Waals surface area (Å²) < 4.78 is 1.09. The first-order chi connectivity index (χ1) is 10.5. The van der Waals surface area contributed by atoms with Gasteiger partial charge in [0.15, 0.2) is 0 Å². The number of nitrogens with zero attached hydrogens (tertiary/aromatic N) is 2. The SMILES string of the molecule is N#Cc1cccc(NC(=O)N(S)c2ccc(C(N)=O)cc2)c1. The molecule has 2 aromatic rings. The predicted octanol–water partition coefficient (Wildman–Crippen LogP) is 2.54. The first-order valence-corrected chi connectivity index (χ1v) is 6.61. The average Bonchev–Trinajstić information content (AvgIpc) is 2.54. The van der Waals surface area contributed by atoms with Crippen molar-refractivity contribution in [3.05, 3.63) is 59.7 Å². The number of primary amides is 1. The van der Waals surface area contributed by atoms with E-state index in [0.717, 1.165) is 4.31 Å². The molecule has 110 valence electrons. The first-order valence-electron chi connectivity index (χ1n) is 6.21. The van der Waals surface area contributed by atoms with Crippen LogP contribution < -0.4 is 15.4 Å². The lowest BCUT2D eigenvalue weighted by molar-refractivity contribution is 0.100. The summed E-state index contributed by atoms with van der Waals surface area (Å²) in [6, 6.07) is 14.1. The van der Waals surface area contributed by atoms with E-state index in [9.17, 15) is 9.59 Å². The minimum atomic E-state index is -0.546. The third kappa shape index (κ3) is 3.56. The summed E-state index contributed by atoms with van der Waals surface area (Å²) in [6.45, 7) is 0. The minimum Gasteiger partial charge on any atom is -0.366 e. The van der Waals surface area contributed by atoms with Gasteiger partial charge in [0, 0.05) is 11.3 Å². The van der Waals surface area contributed by atoms with Gasteiger partial charge in [0.05, 0.1) is 17.3 Å². The van der Waals surface area contributed by atoms with E-state index in [0.29, 0.717) is 22.5 Å². The molecule has 0 saturated carbocycles. The average molecular weight is 312 g/mol. The van der Waals surface area contributed by atoms with Crippen LogP contribution in [0.4, 0.5) is 16.2 Å². The lowest BCUT2D eigenvalue weighted by Crippen LogP contribution is -2.26. The van der Waals surface area contributed by atoms with E-state index in [2.05, 4.69) is 18.1 Å². The monoisotopic (exact) mass is 312 g/mol. The van der Waals surface area contributed by atoms with Crippen LogP contribution in [0.2, 0.25) is 0 Å². The topological polar surface area (TPSA) is 99.2 Å². The van der Waals surface area contributed by atoms with Gasteiger partial charge < -0.3 is 11.1 Å². The zero-order chi connectivity index (χ0) is 16.1. The zero-order valence-electron chi connectivity index (χ0n) is 11.4. The Bertz CT molecular complexity index is 753. The number of benzene rings is 2. The van der Waals surface area contributed by atoms with Crippen molar-refractivity contribution in [2.45, 2.75) is 0 Å². The van der Waals surface area contributed by atoms with Crippen molar-refractivity contribution < 1.29 is 9.59 Å². The fraction of sp³-hybridized carbons (Fsp3) is 0. The highest BCUT2D eigenvalue weighted by atomic mass is 32.1. The van der Waals surface area contributed by atoms with Gasteiger partial charge in [0.25, 0.3) is 0 Å². The molecule has 0 aliphatic rings. The third-order valence-corrected chi connectivity index (χ3v) is 3.24. The Morgan fingerprint density at radius 1 is 1.18 bits per heavy atom. The van der Waals surface area contributed by atoms with Crippen molar-refractivity contribution in [3.63, 3.8) is 0 Å². The number of amides is 3. The molecule has 0 fully saturated rings. The number of hydrogen-bond acceptors (Lipinski definition) is 4. The fourth-order valence-corrected chi connectivity index (χ4v) is 1.91. The minimum absolute atomic E-state index is 0.340. The number of nitriles is 1. The molecular formula is C15H12N4O2S. The summed E-state index contributed by atoms with van der Waals surface area (Å²) in [5, 5.41) is 11.4. The zero-order valence-corrected chi connectivity index (χ0v) is 12.2. The molecule has 0 heterocycles. The van der Waals surface area contributed by atoms with Crippen LogP contribution in [-0.4, -0.2) is 11.9 Å².